The van der Waals surface area contributed by atoms with Crippen molar-refractivity contribution in [2.24, 2.45) is 11.8 Å². The summed E-state index contributed by atoms with van der Waals surface area (Å²) in [4.78, 5) is 53.6. The predicted molar refractivity (Wildman–Crippen MR) is 179 cm³/mol. The quantitative estimate of drug-likeness (QED) is 0.454. The highest BCUT2D eigenvalue weighted by Crippen LogP contribution is 2.41. The molecule has 0 radical (unpaired) electrons. The fourth-order valence-electron chi connectivity index (χ4n) is 8.78. The number of likely N-dealkylation sites (N-methyl/N-ethyl adjacent to an activating group) is 1. The molecule has 0 aromatic heterocycles. The maximum Gasteiger partial charge on any atom is 0.252 e. The summed E-state index contributed by atoms with van der Waals surface area (Å²) in [5.74, 6) is -2.10. The normalized spacial score (nSPS) is 32.2. The zero-order chi connectivity index (χ0) is 34.3. The van der Waals surface area contributed by atoms with E-state index >= 15 is 4.39 Å². The Kier molecular flexibility index (Phi) is 10.5. The fourth-order valence-corrected chi connectivity index (χ4v) is 8.78. The number of halogens is 2. The van der Waals surface area contributed by atoms with Crippen molar-refractivity contribution in [3.8, 4) is 0 Å². The third-order valence-electron chi connectivity index (χ3n) is 11.8. The third kappa shape index (κ3) is 7.29. The van der Waals surface area contributed by atoms with E-state index in [2.05, 4.69) is 37.5 Å². The summed E-state index contributed by atoms with van der Waals surface area (Å²) in [6.45, 7) is 12.8. The maximum absolute atomic E-state index is 15.4. The highest BCUT2D eigenvalue weighted by atomic mass is 19.1. The van der Waals surface area contributed by atoms with Crippen LogP contribution in [-0.2, 0) is 19.1 Å². The van der Waals surface area contributed by atoms with Gasteiger partial charge in [0.25, 0.3) is 5.91 Å². The lowest BCUT2D eigenvalue weighted by Gasteiger charge is -2.41. The Labute approximate surface area is 284 Å². The molecule has 5 fully saturated rings. The number of piperazine rings is 1. The molecule has 3 amide bonds. The van der Waals surface area contributed by atoms with Crippen molar-refractivity contribution in [2.45, 2.75) is 108 Å². The number of nitrogens with zero attached hydrogens (tertiary/aromatic N) is 5. The highest BCUT2D eigenvalue weighted by molar-refractivity contribution is 5.91. The van der Waals surface area contributed by atoms with Gasteiger partial charge < -0.3 is 24.3 Å². The lowest BCUT2D eigenvalue weighted by molar-refractivity contribution is -0.148. The number of likely N-dealkylation sites (tertiary alicyclic amines) is 2. The first-order valence-electron chi connectivity index (χ1n) is 18.2. The van der Waals surface area contributed by atoms with Gasteiger partial charge in [-0.1, -0.05) is 13.0 Å². The molecule has 1 aromatic carbocycles. The SMILES string of the molecule is CC1CCC(N(C(=O)[C@@H]2CCCO2)[C@H]2C[C@@H](C(=O)N3CCN(C)CC3)N(C(=O)[C@@H]3CN(C(C)(C)C)C[C@H]3c3ccc(F)cc3F)C2)CC1. The third-order valence-corrected chi connectivity index (χ3v) is 11.8. The van der Waals surface area contributed by atoms with E-state index in [1.54, 1.807) is 4.90 Å². The van der Waals surface area contributed by atoms with Crippen molar-refractivity contribution < 1.29 is 27.9 Å². The summed E-state index contributed by atoms with van der Waals surface area (Å²) in [6.07, 6.45) is 5.30. The lowest BCUT2D eigenvalue weighted by Crippen LogP contribution is -2.54. The summed E-state index contributed by atoms with van der Waals surface area (Å²) in [5, 5.41) is 0. The van der Waals surface area contributed by atoms with Gasteiger partial charge in [-0.2, -0.15) is 0 Å². The second-order valence-corrected chi connectivity index (χ2v) is 16.1. The van der Waals surface area contributed by atoms with Gasteiger partial charge in [0, 0.05) is 76.0 Å². The van der Waals surface area contributed by atoms with E-state index in [0.717, 1.165) is 51.3 Å². The van der Waals surface area contributed by atoms with Crippen LogP contribution in [0.5, 0.6) is 0 Å². The van der Waals surface area contributed by atoms with Crippen LogP contribution in [0, 0.1) is 23.5 Å². The number of carbonyl (C=O) groups excluding carboxylic acids is 3. The number of amides is 3. The minimum atomic E-state index is -0.712. The first-order chi connectivity index (χ1) is 22.8. The summed E-state index contributed by atoms with van der Waals surface area (Å²) >= 11 is 0. The zero-order valence-corrected chi connectivity index (χ0v) is 29.5. The second kappa shape index (κ2) is 14.3. The molecule has 0 spiro atoms. The predicted octanol–water partition coefficient (Wildman–Crippen LogP) is 4.11. The Bertz CT molecular complexity index is 1330. The topological polar surface area (TPSA) is 76.6 Å². The Morgan fingerprint density at radius 1 is 0.896 bits per heavy atom. The molecule has 0 bridgehead atoms. The average Bonchev–Trinajstić information content (AvgIpc) is 3.82. The standard InChI is InChI=1S/C37H55F2N5O4/c1-24-8-11-26(12-9-24)44(36(47)33-7-6-18-48-33)27-20-32(35(46)41-16-14-40(5)15-17-41)43(21-27)34(45)30-23-42(37(2,3)4)22-29(30)28-13-10-25(38)19-31(28)39/h10,13,19,24,26-27,29-30,32-33H,6-9,11-12,14-18,20-23H2,1-5H3/t24?,26?,27-,29-,30+,32-,33-/m0/s1. The Morgan fingerprint density at radius 3 is 2.23 bits per heavy atom. The lowest BCUT2D eigenvalue weighted by atomic mass is 9.85. The van der Waals surface area contributed by atoms with Gasteiger partial charge in [0.2, 0.25) is 11.8 Å². The van der Waals surface area contributed by atoms with Gasteiger partial charge in [-0.05, 0) is 90.3 Å². The van der Waals surface area contributed by atoms with Gasteiger partial charge in [-0.15, -0.1) is 0 Å². The van der Waals surface area contributed by atoms with Crippen LogP contribution in [0.15, 0.2) is 18.2 Å². The zero-order valence-electron chi connectivity index (χ0n) is 29.5. The van der Waals surface area contributed by atoms with Crippen molar-refractivity contribution in [1.29, 1.82) is 0 Å². The van der Waals surface area contributed by atoms with Crippen LogP contribution in [-0.4, -0.2) is 131 Å². The molecule has 0 N–H and O–H groups in total. The molecular formula is C37H55F2N5O4. The largest absolute Gasteiger partial charge is 0.368 e. The van der Waals surface area contributed by atoms with E-state index in [9.17, 15) is 18.8 Å². The van der Waals surface area contributed by atoms with Gasteiger partial charge in [0.15, 0.2) is 0 Å². The van der Waals surface area contributed by atoms with Crippen LogP contribution in [0.1, 0.15) is 84.1 Å². The second-order valence-electron chi connectivity index (χ2n) is 16.1. The number of rotatable bonds is 6. The van der Waals surface area contributed by atoms with Crippen LogP contribution in [0.4, 0.5) is 8.78 Å². The Hall–Kier alpha value is -2.63. The molecule has 4 aliphatic heterocycles. The van der Waals surface area contributed by atoms with E-state index in [1.807, 2.05) is 16.8 Å². The molecule has 1 aliphatic carbocycles. The van der Waals surface area contributed by atoms with Crippen LogP contribution < -0.4 is 0 Å². The van der Waals surface area contributed by atoms with Crippen molar-refractivity contribution in [3.63, 3.8) is 0 Å². The highest BCUT2D eigenvalue weighted by Gasteiger charge is 2.52. The first kappa shape index (κ1) is 35.2. The van der Waals surface area contributed by atoms with Gasteiger partial charge in [-0.3, -0.25) is 19.3 Å². The molecule has 1 saturated carbocycles. The van der Waals surface area contributed by atoms with Gasteiger partial charge in [0.05, 0.1) is 12.0 Å². The Morgan fingerprint density at radius 2 is 1.60 bits per heavy atom. The molecule has 0 unspecified atom stereocenters. The fraction of sp³-hybridized carbons (Fsp3) is 0.757. The van der Waals surface area contributed by atoms with Crippen molar-refractivity contribution >= 4 is 17.7 Å². The summed E-state index contributed by atoms with van der Waals surface area (Å²) in [6, 6.07) is 2.63. The van der Waals surface area contributed by atoms with E-state index in [1.165, 1.54) is 12.1 Å². The van der Waals surface area contributed by atoms with Gasteiger partial charge in [-0.25, -0.2) is 8.78 Å². The van der Waals surface area contributed by atoms with E-state index in [0.29, 0.717) is 57.1 Å². The maximum atomic E-state index is 15.4. The monoisotopic (exact) mass is 671 g/mol. The smallest absolute Gasteiger partial charge is 0.252 e. The van der Waals surface area contributed by atoms with E-state index in [4.69, 9.17) is 4.74 Å². The van der Waals surface area contributed by atoms with E-state index in [-0.39, 0.29) is 41.9 Å². The van der Waals surface area contributed by atoms with Crippen molar-refractivity contribution in [2.75, 3.05) is 59.5 Å². The molecule has 1 aromatic rings. The molecule has 11 heteroatoms. The number of hydrogen-bond acceptors (Lipinski definition) is 6. The molecule has 4 heterocycles. The number of benzene rings is 1. The molecule has 4 saturated heterocycles. The number of hydrogen-bond donors (Lipinski definition) is 0. The number of ether oxygens (including phenoxy) is 1. The molecule has 6 rings (SSSR count). The minimum absolute atomic E-state index is 0.0109. The van der Waals surface area contributed by atoms with Gasteiger partial charge >= 0.3 is 0 Å². The van der Waals surface area contributed by atoms with E-state index < -0.39 is 35.6 Å². The van der Waals surface area contributed by atoms with Crippen LogP contribution in [0.3, 0.4) is 0 Å². The molecule has 9 nitrogen and oxygen atoms in total. The minimum Gasteiger partial charge on any atom is -0.368 e. The van der Waals surface area contributed by atoms with Crippen LogP contribution in [0.2, 0.25) is 0 Å². The van der Waals surface area contributed by atoms with Gasteiger partial charge in [0.1, 0.15) is 23.8 Å². The van der Waals surface area contributed by atoms with Crippen molar-refractivity contribution in [3.05, 3.63) is 35.4 Å². The van der Waals surface area contributed by atoms with Crippen LogP contribution in [0.25, 0.3) is 0 Å². The Balaban J connectivity index is 1.34. The summed E-state index contributed by atoms with van der Waals surface area (Å²) in [5.41, 5.74) is 0.0420. The first-order valence-corrected chi connectivity index (χ1v) is 18.2. The summed E-state index contributed by atoms with van der Waals surface area (Å²) < 4.78 is 35.3. The average molecular weight is 672 g/mol. The summed E-state index contributed by atoms with van der Waals surface area (Å²) in [7, 11) is 2.04. The molecule has 48 heavy (non-hydrogen) atoms. The molecule has 266 valence electrons. The van der Waals surface area contributed by atoms with Crippen LogP contribution >= 0.6 is 0 Å². The van der Waals surface area contributed by atoms with Crippen molar-refractivity contribution in [1.82, 2.24) is 24.5 Å². The molecular weight excluding hydrogens is 616 g/mol. The number of carbonyl (C=O) groups is 3. The molecule has 5 aliphatic rings. The molecule has 5 atom stereocenters.